The fourth-order valence-corrected chi connectivity index (χ4v) is 5.11. The highest BCUT2D eigenvalue weighted by molar-refractivity contribution is 6.01. The van der Waals surface area contributed by atoms with Gasteiger partial charge in [0.2, 0.25) is 23.5 Å². The van der Waals surface area contributed by atoms with E-state index in [1.807, 2.05) is 0 Å². The summed E-state index contributed by atoms with van der Waals surface area (Å²) < 4.78 is 59.4. The van der Waals surface area contributed by atoms with Gasteiger partial charge < -0.3 is 62.7 Å². The molecule has 1 saturated heterocycles. The van der Waals surface area contributed by atoms with Crippen LogP contribution in [-0.2, 0) is 66.5 Å². The SMILES string of the molecule is C#CCOCCOCCOCCOCCC(=O)NCCO[C@@H]([C@@H]1OC(C(=O)OC)=C[C@H](N=C(NC(=O)OC(C)(C)C)NC(=O)OC(C)(C)C)[C@H]1NC(C)=O)[C@H]1COC(=O)O1. The number of guanidine groups is 1. The first-order valence-electron chi connectivity index (χ1n) is 19.1. The van der Waals surface area contributed by atoms with Crippen LogP contribution in [0.4, 0.5) is 14.4 Å². The predicted octanol–water partition coefficient (Wildman–Crippen LogP) is 0.847. The van der Waals surface area contributed by atoms with Gasteiger partial charge in [-0.3, -0.25) is 20.2 Å². The molecule has 22 nitrogen and oxygen atoms in total. The van der Waals surface area contributed by atoms with Gasteiger partial charge in [-0.15, -0.1) is 6.42 Å². The van der Waals surface area contributed by atoms with E-state index in [9.17, 15) is 28.8 Å². The van der Waals surface area contributed by atoms with Crippen LogP contribution in [0.3, 0.4) is 0 Å². The number of nitrogens with zero attached hydrogens (tertiary/aromatic N) is 1. The van der Waals surface area contributed by atoms with E-state index >= 15 is 0 Å². The van der Waals surface area contributed by atoms with Gasteiger partial charge in [0.1, 0.15) is 30.5 Å². The fraction of sp³-hybridized carbons (Fsp3) is 0.711. The number of hydrogen-bond donors (Lipinski definition) is 4. The summed E-state index contributed by atoms with van der Waals surface area (Å²) in [5.41, 5.74) is -1.90. The lowest BCUT2D eigenvalue weighted by molar-refractivity contribution is -0.151. The molecule has 22 heteroatoms. The minimum atomic E-state index is -1.38. The second-order valence-corrected chi connectivity index (χ2v) is 14.8. The van der Waals surface area contributed by atoms with Crippen molar-refractivity contribution in [2.75, 3.05) is 79.7 Å². The maximum Gasteiger partial charge on any atom is 0.508 e. The van der Waals surface area contributed by atoms with Crippen LogP contribution in [0.5, 0.6) is 0 Å². The molecule has 0 aromatic rings. The number of nitrogens with one attached hydrogen (secondary N) is 4. The van der Waals surface area contributed by atoms with Crippen molar-refractivity contribution in [3.05, 3.63) is 11.8 Å². The van der Waals surface area contributed by atoms with Crippen LogP contribution in [0.1, 0.15) is 54.9 Å². The molecule has 0 unspecified atom stereocenters. The number of ether oxygens (including phenoxy) is 11. The number of terminal acetylenes is 1. The van der Waals surface area contributed by atoms with Gasteiger partial charge in [0.15, 0.2) is 12.2 Å². The highest BCUT2D eigenvalue weighted by Gasteiger charge is 2.49. The number of alkyl carbamates (subject to hydrolysis) is 2. The third kappa shape index (κ3) is 21.2. The molecular formula is C38H59N5O17. The first kappa shape index (κ1) is 50.9. The largest absolute Gasteiger partial charge is 0.508 e. The molecule has 0 aromatic carbocycles. The van der Waals surface area contributed by atoms with E-state index in [2.05, 4.69) is 32.2 Å². The summed E-state index contributed by atoms with van der Waals surface area (Å²) in [6.07, 6.45) is -0.529. The van der Waals surface area contributed by atoms with Crippen LogP contribution in [-0.4, -0.2) is 163 Å². The van der Waals surface area contributed by atoms with Crippen molar-refractivity contribution >= 4 is 42.1 Å². The minimum Gasteiger partial charge on any atom is -0.478 e. The van der Waals surface area contributed by atoms with E-state index < -0.39 is 83.5 Å². The second kappa shape index (κ2) is 26.1. The third-order valence-electron chi connectivity index (χ3n) is 7.39. The number of methoxy groups -OCH3 is 1. The zero-order valence-electron chi connectivity index (χ0n) is 35.4. The number of cyclic esters (lactones) is 2. The van der Waals surface area contributed by atoms with Gasteiger partial charge in [-0.25, -0.2) is 24.2 Å². The van der Waals surface area contributed by atoms with E-state index in [1.54, 1.807) is 41.5 Å². The zero-order chi connectivity index (χ0) is 44.7. The Kier molecular flexibility index (Phi) is 22.2. The van der Waals surface area contributed by atoms with E-state index in [0.717, 1.165) is 7.11 Å². The van der Waals surface area contributed by atoms with Gasteiger partial charge in [0.25, 0.3) is 0 Å². The molecule has 0 bridgehead atoms. The second-order valence-electron chi connectivity index (χ2n) is 14.8. The molecule has 0 aliphatic carbocycles. The summed E-state index contributed by atoms with van der Waals surface area (Å²) >= 11 is 0. The molecule has 2 heterocycles. The summed E-state index contributed by atoms with van der Waals surface area (Å²) in [4.78, 5) is 80.5. The van der Waals surface area contributed by atoms with Crippen molar-refractivity contribution in [3.63, 3.8) is 0 Å². The van der Waals surface area contributed by atoms with E-state index in [0.29, 0.717) is 33.0 Å². The van der Waals surface area contributed by atoms with Crippen LogP contribution < -0.4 is 21.3 Å². The predicted molar refractivity (Wildman–Crippen MR) is 208 cm³/mol. The Bertz CT molecular complexity index is 1500. The first-order valence-corrected chi connectivity index (χ1v) is 19.1. The molecule has 0 radical (unpaired) electrons. The Labute approximate surface area is 349 Å². The van der Waals surface area contributed by atoms with E-state index in [1.165, 1.54) is 13.0 Å². The van der Waals surface area contributed by atoms with Gasteiger partial charge in [-0.2, -0.15) is 0 Å². The quantitative estimate of drug-likeness (QED) is 0.0294. The monoisotopic (exact) mass is 857 g/mol. The average molecular weight is 858 g/mol. The Morgan fingerprint density at radius 3 is 1.93 bits per heavy atom. The normalized spacial score (nSPS) is 19.1. The van der Waals surface area contributed by atoms with Gasteiger partial charge in [-0.1, -0.05) is 5.92 Å². The van der Waals surface area contributed by atoms with Gasteiger partial charge in [0.05, 0.1) is 72.0 Å². The highest BCUT2D eigenvalue weighted by Crippen LogP contribution is 2.29. The van der Waals surface area contributed by atoms with Crippen molar-refractivity contribution < 1.29 is 80.9 Å². The molecular weight excluding hydrogens is 798 g/mol. The molecule has 2 rings (SSSR count). The van der Waals surface area contributed by atoms with E-state index in [4.69, 9.17) is 58.5 Å². The smallest absolute Gasteiger partial charge is 0.478 e. The molecule has 5 atom stereocenters. The average Bonchev–Trinajstić information content (AvgIpc) is 3.57. The topological polar surface area (TPSA) is 264 Å². The van der Waals surface area contributed by atoms with Gasteiger partial charge in [0, 0.05) is 19.9 Å². The number of carbonyl (C=O) groups is 6. The standard InChI is InChI=1S/C38H59N5O17/c1-10-13-51-16-18-53-20-21-54-19-17-52-14-11-28(45)39-12-15-55-30(27-23-56-36(49)58-27)31-29(40-24(2)44)25(22-26(57-31)32(46)50-9)41-33(42-34(47)59-37(3,4)5)43-35(48)60-38(6,7)8/h1,22,25,27,29-31H,11-21,23H2,2-9H3,(H,39,45)(H,40,44)(H2,41,42,43,47,48)/t25-,27+,29+,30+,31+/m0/s1. The number of hydrogen-bond acceptors (Lipinski definition) is 18. The molecule has 4 amide bonds. The maximum atomic E-state index is 12.9. The Balaban J connectivity index is 2.20. The molecule has 1 fully saturated rings. The molecule has 60 heavy (non-hydrogen) atoms. The molecule has 2 aliphatic rings. The van der Waals surface area contributed by atoms with Gasteiger partial charge in [-0.05, 0) is 47.6 Å². The number of carbonyl (C=O) groups excluding carboxylic acids is 6. The minimum absolute atomic E-state index is 0.0264. The summed E-state index contributed by atoms with van der Waals surface area (Å²) in [6, 6.07) is -2.55. The lowest BCUT2D eigenvalue weighted by atomic mass is 9.92. The van der Waals surface area contributed by atoms with Crippen molar-refractivity contribution in [1.82, 2.24) is 21.3 Å². The van der Waals surface area contributed by atoms with E-state index in [-0.39, 0.29) is 51.9 Å². The Morgan fingerprint density at radius 1 is 0.867 bits per heavy atom. The lowest BCUT2D eigenvalue weighted by Gasteiger charge is -2.40. The summed E-state index contributed by atoms with van der Waals surface area (Å²) in [6.45, 7) is 12.8. The molecule has 2 aliphatic heterocycles. The number of amides is 4. The number of esters is 1. The van der Waals surface area contributed by atoms with Crippen LogP contribution in [0.15, 0.2) is 16.8 Å². The number of aliphatic imine (C=N–C) groups is 1. The molecule has 0 saturated carbocycles. The summed E-state index contributed by atoms with van der Waals surface area (Å²) in [5, 5.41) is 10.1. The molecule has 0 aromatic heterocycles. The molecule has 4 N–H and O–H groups in total. The zero-order valence-corrected chi connectivity index (χ0v) is 35.4. The van der Waals surface area contributed by atoms with Crippen LogP contribution >= 0.6 is 0 Å². The Hall–Kier alpha value is -5.21. The highest BCUT2D eigenvalue weighted by atomic mass is 16.8. The number of rotatable bonds is 22. The summed E-state index contributed by atoms with van der Waals surface area (Å²) in [7, 11) is 1.10. The Morgan fingerprint density at radius 2 is 1.43 bits per heavy atom. The van der Waals surface area contributed by atoms with Crippen molar-refractivity contribution in [1.29, 1.82) is 0 Å². The third-order valence-corrected chi connectivity index (χ3v) is 7.39. The van der Waals surface area contributed by atoms with Crippen LogP contribution in [0, 0.1) is 12.3 Å². The maximum absolute atomic E-state index is 12.9. The van der Waals surface area contributed by atoms with Crippen LogP contribution in [0.2, 0.25) is 0 Å². The molecule has 338 valence electrons. The van der Waals surface area contributed by atoms with Crippen molar-refractivity contribution in [3.8, 4) is 12.3 Å². The van der Waals surface area contributed by atoms with Crippen molar-refractivity contribution in [2.45, 2.75) is 96.5 Å². The first-order chi connectivity index (χ1) is 28.3. The van der Waals surface area contributed by atoms with Gasteiger partial charge >= 0.3 is 24.3 Å². The van der Waals surface area contributed by atoms with Crippen LogP contribution in [0.25, 0.3) is 0 Å². The lowest BCUT2D eigenvalue weighted by Crippen LogP contribution is -2.61. The molecule has 0 spiro atoms. The van der Waals surface area contributed by atoms with Crippen molar-refractivity contribution in [2.24, 2.45) is 4.99 Å². The summed E-state index contributed by atoms with van der Waals surface area (Å²) in [5.74, 6) is -0.435. The fourth-order valence-electron chi connectivity index (χ4n) is 5.11.